The van der Waals surface area contributed by atoms with Gasteiger partial charge in [-0.3, -0.25) is 0 Å². The summed E-state index contributed by atoms with van der Waals surface area (Å²) in [7, 11) is 0. The van der Waals surface area contributed by atoms with E-state index >= 15 is 0 Å². The summed E-state index contributed by atoms with van der Waals surface area (Å²) >= 11 is 3.49. The number of halogens is 1. The van der Waals surface area contributed by atoms with E-state index in [9.17, 15) is 0 Å². The molecule has 1 atom stereocenters. The molecule has 0 aromatic heterocycles. The molecule has 60 valence electrons. The Morgan fingerprint density at radius 1 is 1.10 bits per heavy atom. The molecule has 0 saturated carbocycles. The fourth-order valence-corrected chi connectivity index (χ4v) is 0.868. The molecule has 10 heavy (non-hydrogen) atoms. The summed E-state index contributed by atoms with van der Waals surface area (Å²) in [6.07, 6.45) is 6.87. The minimum Gasteiger partial charge on any atom is -0.0890 e. The van der Waals surface area contributed by atoms with E-state index < -0.39 is 0 Å². The van der Waals surface area contributed by atoms with Crippen molar-refractivity contribution in [2.45, 2.75) is 38.4 Å². The summed E-state index contributed by atoms with van der Waals surface area (Å²) in [4.78, 5) is 0.621. The van der Waals surface area contributed by atoms with Crippen LogP contribution in [0.3, 0.4) is 0 Å². The molecular weight excluding hydrogens is 188 g/mol. The Morgan fingerprint density at radius 3 is 2.00 bits per heavy atom. The number of alkyl halides is 1. The highest BCUT2D eigenvalue weighted by atomic mass is 79.9. The number of rotatable bonds is 4. The van der Waals surface area contributed by atoms with Crippen LogP contribution in [-0.2, 0) is 0 Å². The third-order valence-electron chi connectivity index (χ3n) is 1.24. The first-order chi connectivity index (χ1) is 4.63. The van der Waals surface area contributed by atoms with Crippen LogP contribution in [0.1, 0.15) is 33.6 Å². The van der Waals surface area contributed by atoms with E-state index in [0.29, 0.717) is 4.83 Å². The molecule has 0 rings (SSSR count). The Morgan fingerprint density at radius 2 is 1.60 bits per heavy atom. The maximum atomic E-state index is 3.49. The van der Waals surface area contributed by atoms with Gasteiger partial charge in [0, 0.05) is 4.83 Å². The predicted molar refractivity (Wildman–Crippen MR) is 51.6 cm³/mol. The first-order valence-corrected chi connectivity index (χ1v) is 4.83. The van der Waals surface area contributed by atoms with Gasteiger partial charge in [-0.2, -0.15) is 0 Å². The molecule has 0 fully saturated rings. The largest absolute Gasteiger partial charge is 0.0890 e. The average Bonchev–Trinajstić information content (AvgIpc) is 1.79. The van der Waals surface area contributed by atoms with Gasteiger partial charge in [0.1, 0.15) is 0 Å². The Balaban J connectivity index is 3.20. The number of allylic oxidation sites excluding steroid dienone is 2. The molecule has 0 aromatic carbocycles. The van der Waals surface area contributed by atoms with E-state index in [1.165, 1.54) is 6.42 Å². The zero-order chi connectivity index (χ0) is 7.98. The fraction of sp³-hybridized carbons (Fsp3) is 0.778. The van der Waals surface area contributed by atoms with Crippen LogP contribution in [0.4, 0.5) is 0 Å². The summed E-state index contributed by atoms with van der Waals surface area (Å²) < 4.78 is 0. The normalized spacial score (nSPS) is 14.9. The molecule has 0 aliphatic rings. The highest BCUT2D eigenvalue weighted by Crippen LogP contribution is 2.06. The Hall–Kier alpha value is 0.220. The summed E-state index contributed by atoms with van der Waals surface area (Å²) in [6, 6.07) is 0. The lowest BCUT2D eigenvalue weighted by Crippen LogP contribution is -1.85. The van der Waals surface area contributed by atoms with Gasteiger partial charge in [-0.1, -0.05) is 48.9 Å². The summed E-state index contributed by atoms with van der Waals surface area (Å²) in [5, 5.41) is 0. The van der Waals surface area contributed by atoms with Crippen LogP contribution in [0.2, 0.25) is 0 Å². The topological polar surface area (TPSA) is 0 Å². The van der Waals surface area contributed by atoms with Crippen molar-refractivity contribution in [3.8, 4) is 0 Å². The van der Waals surface area contributed by atoms with Crippen LogP contribution in [0.25, 0.3) is 0 Å². The third-order valence-corrected chi connectivity index (χ3v) is 1.61. The first kappa shape index (κ1) is 10.2. The standard InChI is InChI=1S/C9H17Br/c1-8(2)6-4-5-7-9(3)10/h4-5,8-9H,6-7H2,1-3H3/b5-4+. The van der Waals surface area contributed by atoms with E-state index in [4.69, 9.17) is 0 Å². The fourth-order valence-electron chi connectivity index (χ4n) is 0.652. The molecule has 0 bridgehead atoms. The molecule has 0 spiro atoms. The maximum Gasteiger partial charge on any atom is 0.0152 e. The summed E-state index contributed by atoms with van der Waals surface area (Å²) in [6.45, 7) is 6.64. The van der Waals surface area contributed by atoms with Crippen LogP contribution < -0.4 is 0 Å². The Bertz CT molecular complexity index is 80.9. The molecule has 0 aromatic rings. The third kappa shape index (κ3) is 8.22. The van der Waals surface area contributed by atoms with Crippen LogP contribution >= 0.6 is 15.9 Å². The van der Waals surface area contributed by atoms with Gasteiger partial charge in [-0.25, -0.2) is 0 Å². The lowest BCUT2D eigenvalue weighted by Gasteiger charge is -1.97. The van der Waals surface area contributed by atoms with Crippen LogP contribution in [0.15, 0.2) is 12.2 Å². The highest BCUT2D eigenvalue weighted by Gasteiger charge is 1.90. The van der Waals surface area contributed by atoms with Gasteiger partial charge < -0.3 is 0 Å². The lowest BCUT2D eigenvalue weighted by molar-refractivity contribution is 0.662. The molecule has 1 heteroatoms. The molecule has 0 amide bonds. The van der Waals surface area contributed by atoms with Gasteiger partial charge in [0.25, 0.3) is 0 Å². The van der Waals surface area contributed by atoms with Gasteiger partial charge in [0.2, 0.25) is 0 Å². The predicted octanol–water partition coefficient (Wildman–Crippen LogP) is 3.76. The Kier molecular flexibility index (Phi) is 6.10. The molecule has 0 N–H and O–H groups in total. The Labute approximate surface area is 72.8 Å². The van der Waals surface area contributed by atoms with E-state index in [-0.39, 0.29) is 0 Å². The second-order valence-corrected chi connectivity index (χ2v) is 4.68. The van der Waals surface area contributed by atoms with Crippen molar-refractivity contribution in [2.75, 3.05) is 0 Å². The van der Waals surface area contributed by atoms with Crippen molar-refractivity contribution in [1.29, 1.82) is 0 Å². The SMILES string of the molecule is CC(C)C/C=C/CC(C)Br. The van der Waals surface area contributed by atoms with Gasteiger partial charge in [0.15, 0.2) is 0 Å². The van der Waals surface area contributed by atoms with Crippen LogP contribution in [0.5, 0.6) is 0 Å². The second kappa shape index (κ2) is 5.96. The number of hydrogen-bond donors (Lipinski definition) is 0. The van der Waals surface area contributed by atoms with Gasteiger partial charge in [-0.05, 0) is 18.8 Å². The van der Waals surface area contributed by atoms with Crippen molar-refractivity contribution in [3.05, 3.63) is 12.2 Å². The lowest BCUT2D eigenvalue weighted by atomic mass is 10.1. The van der Waals surface area contributed by atoms with Gasteiger partial charge in [-0.15, -0.1) is 0 Å². The molecule has 0 heterocycles. The average molecular weight is 205 g/mol. The minimum absolute atomic E-state index is 0.621. The van der Waals surface area contributed by atoms with Crippen molar-refractivity contribution < 1.29 is 0 Å². The summed E-state index contributed by atoms with van der Waals surface area (Å²) in [5.41, 5.74) is 0. The zero-order valence-corrected chi connectivity index (χ0v) is 8.69. The molecule has 0 radical (unpaired) electrons. The molecule has 0 aliphatic heterocycles. The van der Waals surface area contributed by atoms with E-state index in [0.717, 1.165) is 12.3 Å². The molecular formula is C9H17Br. The highest BCUT2D eigenvalue weighted by molar-refractivity contribution is 9.09. The van der Waals surface area contributed by atoms with Gasteiger partial charge >= 0.3 is 0 Å². The molecule has 0 nitrogen and oxygen atoms in total. The summed E-state index contributed by atoms with van der Waals surface area (Å²) in [5.74, 6) is 0.793. The van der Waals surface area contributed by atoms with E-state index in [1.54, 1.807) is 0 Å². The first-order valence-electron chi connectivity index (χ1n) is 3.92. The maximum absolute atomic E-state index is 3.49. The van der Waals surface area contributed by atoms with Crippen molar-refractivity contribution >= 4 is 15.9 Å². The zero-order valence-electron chi connectivity index (χ0n) is 7.10. The minimum atomic E-state index is 0.621. The van der Waals surface area contributed by atoms with Crippen molar-refractivity contribution in [1.82, 2.24) is 0 Å². The quantitative estimate of drug-likeness (QED) is 0.484. The van der Waals surface area contributed by atoms with E-state index in [1.807, 2.05) is 0 Å². The molecule has 1 unspecified atom stereocenters. The number of hydrogen-bond acceptors (Lipinski definition) is 0. The van der Waals surface area contributed by atoms with Crippen LogP contribution in [-0.4, -0.2) is 4.83 Å². The van der Waals surface area contributed by atoms with Crippen molar-refractivity contribution in [3.63, 3.8) is 0 Å². The molecule has 0 saturated heterocycles. The van der Waals surface area contributed by atoms with E-state index in [2.05, 4.69) is 48.9 Å². The second-order valence-electron chi connectivity index (χ2n) is 3.12. The monoisotopic (exact) mass is 204 g/mol. The smallest absolute Gasteiger partial charge is 0.0152 e. The van der Waals surface area contributed by atoms with Crippen molar-refractivity contribution in [2.24, 2.45) is 5.92 Å². The van der Waals surface area contributed by atoms with Crippen LogP contribution in [0, 0.1) is 5.92 Å². The van der Waals surface area contributed by atoms with Gasteiger partial charge in [0.05, 0.1) is 0 Å². The molecule has 0 aliphatic carbocycles.